The molecule has 2 amide bonds. The summed E-state index contributed by atoms with van der Waals surface area (Å²) in [5.74, 6) is -1.36. The third kappa shape index (κ3) is 5.90. The van der Waals surface area contributed by atoms with Gasteiger partial charge in [0.1, 0.15) is 12.1 Å². The maximum atomic E-state index is 12.6. The molecule has 0 radical (unpaired) electrons. The Morgan fingerprint density at radius 1 is 1.00 bits per heavy atom. The highest BCUT2D eigenvalue weighted by Crippen LogP contribution is 2.44. The number of hydrogen-bond acceptors (Lipinski definition) is 5. The van der Waals surface area contributed by atoms with Crippen LogP contribution < -0.4 is 10.6 Å². The van der Waals surface area contributed by atoms with Crippen LogP contribution in [-0.2, 0) is 19.1 Å². The molecule has 0 aliphatic heterocycles. The lowest BCUT2D eigenvalue weighted by Gasteiger charge is -2.28. The van der Waals surface area contributed by atoms with Gasteiger partial charge in [0.25, 0.3) is 0 Å². The van der Waals surface area contributed by atoms with Gasteiger partial charge in [-0.3, -0.25) is 9.59 Å². The molecule has 0 saturated heterocycles. The molecule has 3 N–H and O–H groups in total. The van der Waals surface area contributed by atoms with E-state index in [1.54, 1.807) is 13.8 Å². The van der Waals surface area contributed by atoms with Crippen LogP contribution in [0.15, 0.2) is 48.5 Å². The van der Waals surface area contributed by atoms with Gasteiger partial charge in [0.2, 0.25) is 5.91 Å². The van der Waals surface area contributed by atoms with Gasteiger partial charge in [0, 0.05) is 12.5 Å². The number of carbonyl (C=O) groups excluding carboxylic acids is 2. The monoisotopic (exact) mass is 454 g/mol. The second-order valence-electron chi connectivity index (χ2n) is 8.15. The molecule has 1 unspecified atom stereocenters. The zero-order valence-corrected chi connectivity index (χ0v) is 18.9. The predicted molar refractivity (Wildman–Crippen MR) is 123 cm³/mol. The van der Waals surface area contributed by atoms with E-state index in [-0.39, 0.29) is 44.6 Å². The number of amides is 2. The molecule has 0 fully saturated rings. The molecule has 0 saturated carbocycles. The number of hydrogen-bond donors (Lipinski definition) is 3. The van der Waals surface area contributed by atoms with Crippen molar-refractivity contribution in [2.24, 2.45) is 0 Å². The second-order valence-corrected chi connectivity index (χ2v) is 8.15. The van der Waals surface area contributed by atoms with E-state index in [1.165, 1.54) is 0 Å². The fourth-order valence-electron chi connectivity index (χ4n) is 3.86. The normalized spacial score (nSPS) is 14.0. The molecule has 8 heteroatoms. The number of aliphatic carboxylic acids is 1. The first-order valence-corrected chi connectivity index (χ1v) is 11.1. The molecule has 0 heterocycles. The van der Waals surface area contributed by atoms with Crippen LogP contribution in [-0.4, -0.2) is 55.0 Å². The van der Waals surface area contributed by atoms with Crippen molar-refractivity contribution in [1.29, 1.82) is 0 Å². The van der Waals surface area contributed by atoms with E-state index in [0.717, 1.165) is 22.3 Å². The van der Waals surface area contributed by atoms with Gasteiger partial charge in [-0.15, -0.1) is 0 Å². The molecule has 1 aliphatic rings. The maximum absolute atomic E-state index is 12.6. The first kappa shape index (κ1) is 24.3. The van der Waals surface area contributed by atoms with E-state index >= 15 is 0 Å². The molecule has 8 nitrogen and oxygen atoms in total. The Hall–Kier alpha value is -3.39. The Morgan fingerprint density at radius 3 is 2.18 bits per heavy atom. The van der Waals surface area contributed by atoms with Gasteiger partial charge in [-0.05, 0) is 35.6 Å². The Labute approximate surface area is 193 Å². The quantitative estimate of drug-likeness (QED) is 0.449. The van der Waals surface area contributed by atoms with Crippen molar-refractivity contribution in [2.75, 3.05) is 26.4 Å². The van der Waals surface area contributed by atoms with E-state index in [4.69, 9.17) is 14.6 Å². The molecule has 176 valence electrons. The molecule has 0 bridgehead atoms. The molecule has 1 atom stereocenters. The Bertz CT molecular complexity index is 962. The largest absolute Gasteiger partial charge is 0.481 e. The lowest BCUT2D eigenvalue weighted by Crippen LogP contribution is -2.57. The van der Waals surface area contributed by atoms with Gasteiger partial charge >= 0.3 is 12.1 Å². The standard InChI is InChI=1S/C25H30N2O6/c1-3-25(2,23(30)26-13-15-32-14-12-22(28)29)27-24(31)33-16-21-19-10-6-4-8-17(19)18-9-5-7-11-20(18)21/h4-11,21H,3,12-16H2,1-2H3,(H,26,30)(H,27,31)(H,28,29). The van der Waals surface area contributed by atoms with Crippen LogP contribution in [0.5, 0.6) is 0 Å². The average Bonchev–Trinajstić information content (AvgIpc) is 3.13. The minimum absolute atomic E-state index is 0.0622. The number of ether oxygens (including phenoxy) is 2. The first-order valence-electron chi connectivity index (χ1n) is 11.1. The first-order chi connectivity index (χ1) is 15.9. The summed E-state index contributed by atoms with van der Waals surface area (Å²) in [7, 11) is 0. The summed E-state index contributed by atoms with van der Waals surface area (Å²) in [6.07, 6.45) is -0.388. The van der Waals surface area contributed by atoms with Crippen LogP contribution in [0.4, 0.5) is 4.79 Å². The third-order valence-corrected chi connectivity index (χ3v) is 5.92. The van der Waals surface area contributed by atoms with Gasteiger partial charge in [-0.25, -0.2) is 4.79 Å². The Morgan fingerprint density at radius 2 is 1.61 bits per heavy atom. The van der Waals surface area contributed by atoms with Gasteiger partial charge < -0.3 is 25.2 Å². The lowest BCUT2D eigenvalue weighted by atomic mass is 9.97. The number of alkyl carbamates (subject to hydrolysis) is 1. The minimum atomic E-state index is -1.15. The van der Waals surface area contributed by atoms with Crippen molar-refractivity contribution in [3.05, 3.63) is 59.7 Å². The molecule has 3 rings (SSSR count). The van der Waals surface area contributed by atoms with Crippen molar-refractivity contribution in [1.82, 2.24) is 10.6 Å². The van der Waals surface area contributed by atoms with E-state index < -0.39 is 17.6 Å². The highest BCUT2D eigenvalue weighted by atomic mass is 16.5. The SMILES string of the molecule is CCC(C)(NC(=O)OCC1c2ccccc2-c2ccccc21)C(=O)NCCOCCC(=O)O. The highest BCUT2D eigenvalue weighted by molar-refractivity contribution is 5.89. The lowest BCUT2D eigenvalue weighted by molar-refractivity contribution is -0.138. The maximum Gasteiger partial charge on any atom is 0.408 e. The Kier molecular flexibility index (Phi) is 8.06. The van der Waals surface area contributed by atoms with Crippen molar-refractivity contribution in [2.45, 2.75) is 38.1 Å². The van der Waals surface area contributed by atoms with Crippen LogP contribution >= 0.6 is 0 Å². The molecule has 0 spiro atoms. The summed E-state index contributed by atoms with van der Waals surface area (Å²) < 4.78 is 10.7. The molecule has 33 heavy (non-hydrogen) atoms. The van der Waals surface area contributed by atoms with Crippen LogP contribution in [0.2, 0.25) is 0 Å². The second kappa shape index (κ2) is 11.0. The fourth-order valence-corrected chi connectivity index (χ4v) is 3.86. The number of carbonyl (C=O) groups is 3. The number of carboxylic acids is 1. The number of rotatable bonds is 11. The van der Waals surface area contributed by atoms with Crippen molar-refractivity contribution in [3.63, 3.8) is 0 Å². The zero-order chi connectivity index (χ0) is 23.8. The van der Waals surface area contributed by atoms with Gasteiger partial charge in [-0.2, -0.15) is 0 Å². The summed E-state index contributed by atoms with van der Waals surface area (Å²) in [5.41, 5.74) is 3.37. The molecule has 2 aromatic rings. The third-order valence-electron chi connectivity index (χ3n) is 5.92. The Balaban J connectivity index is 1.53. The number of nitrogens with one attached hydrogen (secondary N) is 2. The molecule has 2 aromatic carbocycles. The summed E-state index contributed by atoms with van der Waals surface area (Å²) >= 11 is 0. The molecule has 1 aliphatic carbocycles. The van der Waals surface area contributed by atoms with Gasteiger partial charge in [0.15, 0.2) is 0 Å². The summed E-state index contributed by atoms with van der Waals surface area (Å²) in [6, 6.07) is 16.2. The van der Waals surface area contributed by atoms with Gasteiger partial charge in [-0.1, -0.05) is 55.5 Å². The van der Waals surface area contributed by atoms with E-state index in [0.29, 0.717) is 6.42 Å². The smallest absolute Gasteiger partial charge is 0.408 e. The van der Waals surface area contributed by atoms with E-state index in [1.807, 2.05) is 36.4 Å². The predicted octanol–water partition coefficient (Wildman–Crippen LogP) is 3.30. The van der Waals surface area contributed by atoms with Crippen molar-refractivity contribution >= 4 is 18.0 Å². The minimum Gasteiger partial charge on any atom is -0.481 e. The van der Waals surface area contributed by atoms with E-state index in [2.05, 4.69) is 22.8 Å². The highest BCUT2D eigenvalue weighted by Gasteiger charge is 2.34. The van der Waals surface area contributed by atoms with Crippen molar-refractivity contribution < 1.29 is 29.0 Å². The fraction of sp³-hybridized carbons (Fsp3) is 0.400. The average molecular weight is 455 g/mol. The molecule has 0 aromatic heterocycles. The summed E-state index contributed by atoms with van der Waals surface area (Å²) in [6.45, 7) is 4.07. The number of carboxylic acid groups (broad SMARTS) is 1. The number of benzene rings is 2. The van der Waals surface area contributed by atoms with Crippen LogP contribution in [0.1, 0.15) is 43.7 Å². The van der Waals surface area contributed by atoms with E-state index in [9.17, 15) is 14.4 Å². The summed E-state index contributed by atoms with van der Waals surface area (Å²) in [4.78, 5) is 35.7. The van der Waals surface area contributed by atoms with Crippen LogP contribution in [0.3, 0.4) is 0 Å². The molecular formula is C25H30N2O6. The number of fused-ring (bicyclic) bond motifs is 3. The summed E-state index contributed by atoms with van der Waals surface area (Å²) in [5, 5.41) is 14.0. The zero-order valence-electron chi connectivity index (χ0n) is 18.9. The topological polar surface area (TPSA) is 114 Å². The van der Waals surface area contributed by atoms with Crippen LogP contribution in [0.25, 0.3) is 11.1 Å². The van der Waals surface area contributed by atoms with Crippen LogP contribution in [0, 0.1) is 0 Å². The van der Waals surface area contributed by atoms with Gasteiger partial charge in [0.05, 0.1) is 19.6 Å². The molecular weight excluding hydrogens is 424 g/mol. The van der Waals surface area contributed by atoms with Crippen molar-refractivity contribution in [3.8, 4) is 11.1 Å².